The van der Waals surface area contributed by atoms with E-state index in [4.69, 9.17) is 11.6 Å². The van der Waals surface area contributed by atoms with Crippen LogP contribution in [0.25, 0.3) is 10.9 Å². The van der Waals surface area contributed by atoms with Gasteiger partial charge in [0, 0.05) is 5.39 Å². The second-order valence-electron chi connectivity index (χ2n) is 4.67. The Labute approximate surface area is 125 Å². The number of azo groups is 1. The number of H-pyrrole nitrogens is 1. The van der Waals surface area contributed by atoms with Gasteiger partial charge >= 0.3 is 0 Å². The fourth-order valence-electron chi connectivity index (χ4n) is 2.04. The maximum Gasteiger partial charge on any atom is 0.218 e. The van der Waals surface area contributed by atoms with Gasteiger partial charge < -0.3 is 10.1 Å². The minimum Gasteiger partial charge on any atom is -0.493 e. The van der Waals surface area contributed by atoms with E-state index in [1.54, 1.807) is 12.1 Å². The van der Waals surface area contributed by atoms with Crippen LogP contribution in [0.3, 0.4) is 0 Å². The predicted molar refractivity (Wildman–Crippen MR) is 80.7 cm³/mol. The van der Waals surface area contributed by atoms with E-state index in [2.05, 4.69) is 25.4 Å². The molecule has 1 aromatic carbocycles. The first kappa shape index (κ1) is 13.5. The van der Waals surface area contributed by atoms with Crippen LogP contribution in [0.5, 0.6) is 5.88 Å². The minimum atomic E-state index is -0.0237. The van der Waals surface area contributed by atoms with Crippen molar-refractivity contribution in [1.82, 2.24) is 15.2 Å². The van der Waals surface area contributed by atoms with Gasteiger partial charge in [0.05, 0.1) is 5.52 Å². The molecule has 0 radical (unpaired) electrons. The Balaban J connectivity index is 2.06. The number of rotatable bonds is 2. The van der Waals surface area contributed by atoms with Crippen LogP contribution in [0.4, 0.5) is 11.5 Å². The number of hydrogen-bond acceptors (Lipinski definition) is 5. The Morgan fingerprint density at radius 1 is 1.10 bits per heavy atom. The van der Waals surface area contributed by atoms with Crippen molar-refractivity contribution in [1.29, 1.82) is 0 Å². The molecule has 0 amide bonds. The molecule has 0 fully saturated rings. The van der Waals surface area contributed by atoms with E-state index < -0.39 is 0 Å². The zero-order valence-electron chi connectivity index (χ0n) is 11.4. The highest BCUT2D eigenvalue weighted by Gasteiger charge is 2.13. The normalized spacial score (nSPS) is 11.6. The standard InChI is InChI=1S/C14H12ClN5O/c1-7-3-4-9-12(8(7)2)16-14(21)13(9)20-19-11-6-5-10(15)17-18-11/h3-6,16,21H,1-2H3. The molecule has 0 spiro atoms. The van der Waals surface area contributed by atoms with E-state index in [0.717, 1.165) is 22.0 Å². The van der Waals surface area contributed by atoms with E-state index in [1.165, 1.54) is 0 Å². The van der Waals surface area contributed by atoms with Gasteiger partial charge in [0.15, 0.2) is 16.7 Å². The Kier molecular flexibility index (Phi) is 3.31. The van der Waals surface area contributed by atoms with Crippen LogP contribution in [0.15, 0.2) is 34.5 Å². The van der Waals surface area contributed by atoms with Crippen molar-refractivity contribution in [2.24, 2.45) is 10.2 Å². The highest BCUT2D eigenvalue weighted by molar-refractivity contribution is 6.29. The van der Waals surface area contributed by atoms with Crippen molar-refractivity contribution in [3.8, 4) is 5.88 Å². The largest absolute Gasteiger partial charge is 0.493 e. The Hall–Kier alpha value is -2.47. The molecule has 7 heteroatoms. The molecule has 0 aliphatic heterocycles. The molecule has 0 atom stereocenters. The van der Waals surface area contributed by atoms with Gasteiger partial charge in [0.1, 0.15) is 0 Å². The van der Waals surface area contributed by atoms with Gasteiger partial charge in [-0.1, -0.05) is 23.7 Å². The summed E-state index contributed by atoms with van der Waals surface area (Å²) in [6.45, 7) is 4.00. The summed E-state index contributed by atoms with van der Waals surface area (Å²) < 4.78 is 0. The smallest absolute Gasteiger partial charge is 0.218 e. The lowest BCUT2D eigenvalue weighted by molar-refractivity contribution is 0.459. The Morgan fingerprint density at radius 2 is 1.90 bits per heavy atom. The molecule has 0 bridgehead atoms. The topological polar surface area (TPSA) is 86.5 Å². The maximum atomic E-state index is 10.0. The number of aromatic amines is 1. The predicted octanol–water partition coefficient (Wildman–Crippen LogP) is 4.35. The quantitative estimate of drug-likeness (QED) is 0.690. The summed E-state index contributed by atoms with van der Waals surface area (Å²) in [6, 6.07) is 7.05. The molecule has 0 saturated heterocycles. The molecular formula is C14H12ClN5O. The molecule has 3 aromatic rings. The van der Waals surface area contributed by atoms with E-state index >= 15 is 0 Å². The molecule has 3 rings (SSSR count). The van der Waals surface area contributed by atoms with Crippen LogP contribution in [0, 0.1) is 13.8 Å². The number of aryl methyl sites for hydroxylation is 2. The lowest BCUT2D eigenvalue weighted by Crippen LogP contribution is -1.81. The first-order valence-corrected chi connectivity index (χ1v) is 6.66. The maximum absolute atomic E-state index is 10.0. The summed E-state index contributed by atoms with van der Waals surface area (Å²) in [5, 5.41) is 26.6. The highest BCUT2D eigenvalue weighted by Crippen LogP contribution is 2.38. The van der Waals surface area contributed by atoms with Crippen molar-refractivity contribution in [3.05, 3.63) is 40.5 Å². The molecule has 0 aliphatic carbocycles. The third-order valence-electron chi connectivity index (χ3n) is 3.33. The van der Waals surface area contributed by atoms with Crippen molar-refractivity contribution in [2.45, 2.75) is 13.8 Å². The first-order chi connectivity index (χ1) is 10.1. The first-order valence-electron chi connectivity index (χ1n) is 6.28. The molecule has 0 saturated carbocycles. The molecule has 2 N–H and O–H groups in total. The third-order valence-corrected chi connectivity index (χ3v) is 3.53. The van der Waals surface area contributed by atoms with Crippen LogP contribution >= 0.6 is 11.6 Å². The number of nitrogens with one attached hydrogen (secondary N) is 1. The van der Waals surface area contributed by atoms with Crippen LogP contribution < -0.4 is 0 Å². The molecule has 2 aromatic heterocycles. The Morgan fingerprint density at radius 3 is 2.62 bits per heavy atom. The number of hydrogen-bond donors (Lipinski definition) is 2. The molecule has 0 aliphatic rings. The van der Waals surface area contributed by atoms with Crippen LogP contribution in [-0.4, -0.2) is 20.3 Å². The number of nitrogens with zero attached hydrogens (tertiary/aromatic N) is 4. The third kappa shape index (κ3) is 2.45. The van der Waals surface area contributed by atoms with Crippen molar-refractivity contribution in [2.75, 3.05) is 0 Å². The van der Waals surface area contributed by atoms with E-state index in [1.807, 2.05) is 26.0 Å². The van der Waals surface area contributed by atoms with Crippen LogP contribution in [0.2, 0.25) is 5.15 Å². The minimum absolute atomic E-state index is 0.0237. The fourth-order valence-corrected chi connectivity index (χ4v) is 2.14. The molecule has 0 unspecified atom stereocenters. The molecular weight excluding hydrogens is 290 g/mol. The van der Waals surface area contributed by atoms with E-state index in [-0.39, 0.29) is 11.0 Å². The molecule has 106 valence electrons. The summed E-state index contributed by atoms with van der Waals surface area (Å²) in [5.41, 5.74) is 3.43. The summed E-state index contributed by atoms with van der Waals surface area (Å²) >= 11 is 5.66. The second-order valence-corrected chi connectivity index (χ2v) is 5.05. The van der Waals surface area contributed by atoms with Gasteiger partial charge in [0.2, 0.25) is 5.88 Å². The zero-order chi connectivity index (χ0) is 15.0. The molecule has 2 heterocycles. The second kappa shape index (κ2) is 5.14. The van der Waals surface area contributed by atoms with Gasteiger partial charge in [-0.2, -0.15) is 0 Å². The van der Waals surface area contributed by atoms with Crippen molar-refractivity contribution >= 4 is 34.0 Å². The molecule has 21 heavy (non-hydrogen) atoms. The number of aromatic nitrogens is 3. The summed E-state index contributed by atoms with van der Waals surface area (Å²) in [4.78, 5) is 2.93. The van der Waals surface area contributed by atoms with Gasteiger partial charge in [0.25, 0.3) is 0 Å². The highest BCUT2D eigenvalue weighted by atomic mass is 35.5. The van der Waals surface area contributed by atoms with Crippen LogP contribution in [0.1, 0.15) is 11.1 Å². The van der Waals surface area contributed by atoms with Gasteiger partial charge in [-0.3, -0.25) is 0 Å². The van der Waals surface area contributed by atoms with Crippen molar-refractivity contribution in [3.63, 3.8) is 0 Å². The summed E-state index contributed by atoms with van der Waals surface area (Å²) in [6.07, 6.45) is 0. The average Bonchev–Trinajstić information content (AvgIpc) is 2.79. The average molecular weight is 302 g/mol. The zero-order valence-corrected chi connectivity index (χ0v) is 12.2. The number of fused-ring (bicyclic) bond motifs is 1. The summed E-state index contributed by atoms with van der Waals surface area (Å²) in [5.74, 6) is 0.293. The molecule has 6 nitrogen and oxygen atoms in total. The van der Waals surface area contributed by atoms with Gasteiger partial charge in [-0.15, -0.1) is 20.4 Å². The van der Waals surface area contributed by atoms with E-state index in [0.29, 0.717) is 11.5 Å². The van der Waals surface area contributed by atoms with Crippen LogP contribution in [-0.2, 0) is 0 Å². The fraction of sp³-hybridized carbons (Fsp3) is 0.143. The summed E-state index contributed by atoms with van der Waals surface area (Å²) in [7, 11) is 0. The van der Waals surface area contributed by atoms with E-state index in [9.17, 15) is 5.11 Å². The Bertz CT molecular complexity index is 839. The SMILES string of the molecule is Cc1ccc2c(N=Nc3ccc(Cl)nn3)c(O)[nH]c2c1C. The lowest BCUT2D eigenvalue weighted by Gasteiger charge is -2.00. The van der Waals surface area contributed by atoms with Gasteiger partial charge in [-0.25, -0.2) is 0 Å². The lowest BCUT2D eigenvalue weighted by atomic mass is 10.1. The van der Waals surface area contributed by atoms with Crippen molar-refractivity contribution < 1.29 is 5.11 Å². The number of halogens is 1. The number of aromatic hydroxyl groups is 1. The van der Waals surface area contributed by atoms with Gasteiger partial charge in [-0.05, 0) is 37.1 Å². The monoisotopic (exact) mass is 301 g/mol. The number of benzene rings is 1.